The minimum absolute atomic E-state index is 0.247. The molecule has 2 heterocycles. The number of thiazole rings is 1. The first kappa shape index (κ1) is 11.5. The lowest BCUT2D eigenvalue weighted by molar-refractivity contribution is 0.0976. The number of hydrogen-bond acceptors (Lipinski definition) is 5. The second-order valence-corrected chi connectivity index (χ2v) is 5.51. The second-order valence-electron chi connectivity index (χ2n) is 4.54. The van der Waals surface area contributed by atoms with Crippen LogP contribution in [-0.4, -0.2) is 17.8 Å². The molecule has 1 aliphatic carbocycles. The molecule has 0 radical (unpaired) electrons. The molecule has 0 saturated carbocycles. The summed E-state index contributed by atoms with van der Waals surface area (Å²) < 4.78 is 5.05. The molecular formula is C13H14N2O2S. The summed E-state index contributed by atoms with van der Waals surface area (Å²) in [5.74, 6) is 0.247. The molecule has 1 aliphatic rings. The van der Waals surface area contributed by atoms with E-state index in [2.05, 4.69) is 9.88 Å². The van der Waals surface area contributed by atoms with Crippen molar-refractivity contribution < 1.29 is 9.21 Å². The topological polar surface area (TPSA) is 46.3 Å². The SMILES string of the molecule is CN(Cc1ccoc1)c1nc2c(s1)C(=O)CCC2. The van der Waals surface area contributed by atoms with Gasteiger partial charge in [-0.25, -0.2) is 4.98 Å². The highest BCUT2D eigenvalue weighted by Gasteiger charge is 2.23. The monoisotopic (exact) mass is 262 g/mol. The predicted molar refractivity (Wildman–Crippen MR) is 70.2 cm³/mol. The van der Waals surface area contributed by atoms with Crippen molar-refractivity contribution in [2.24, 2.45) is 0 Å². The molecule has 0 spiro atoms. The molecule has 4 nitrogen and oxygen atoms in total. The summed E-state index contributed by atoms with van der Waals surface area (Å²) in [5, 5.41) is 0.913. The molecule has 0 aromatic carbocycles. The number of Topliss-reactive ketones (excluding diaryl/α,β-unsaturated/α-hetero) is 1. The van der Waals surface area contributed by atoms with Gasteiger partial charge < -0.3 is 9.32 Å². The van der Waals surface area contributed by atoms with Gasteiger partial charge in [0.2, 0.25) is 0 Å². The van der Waals surface area contributed by atoms with E-state index in [0.717, 1.165) is 40.7 Å². The van der Waals surface area contributed by atoms with Gasteiger partial charge in [-0.2, -0.15) is 0 Å². The Balaban J connectivity index is 1.82. The van der Waals surface area contributed by atoms with Gasteiger partial charge in [0.15, 0.2) is 10.9 Å². The normalized spacial score (nSPS) is 14.6. The number of anilines is 1. The summed E-state index contributed by atoms with van der Waals surface area (Å²) >= 11 is 1.51. The molecule has 94 valence electrons. The number of carbonyl (C=O) groups excluding carboxylic acids is 1. The third kappa shape index (κ3) is 2.06. The van der Waals surface area contributed by atoms with Gasteiger partial charge in [-0.05, 0) is 18.9 Å². The lowest BCUT2D eigenvalue weighted by atomic mass is 10.0. The molecule has 5 heteroatoms. The van der Waals surface area contributed by atoms with E-state index in [9.17, 15) is 4.79 Å². The number of hydrogen-bond donors (Lipinski definition) is 0. The number of furan rings is 1. The van der Waals surface area contributed by atoms with E-state index in [0.29, 0.717) is 6.42 Å². The lowest BCUT2D eigenvalue weighted by Crippen LogP contribution is -2.15. The molecule has 3 rings (SSSR count). The van der Waals surface area contributed by atoms with Crippen LogP contribution >= 0.6 is 11.3 Å². The number of ketones is 1. The average Bonchev–Trinajstić information content (AvgIpc) is 2.97. The second kappa shape index (κ2) is 4.57. The van der Waals surface area contributed by atoms with Crippen LogP contribution in [0.2, 0.25) is 0 Å². The molecule has 0 N–H and O–H groups in total. The fourth-order valence-electron chi connectivity index (χ4n) is 2.14. The Bertz CT molecular complexity index is 560. The summed E-state index contributed by atoms with van der Waals surface area (Å²) in [6, 6.07) is 1.94. The zero-order valence-corrected chi connectivity index (χ0v) is 11.0. The molecule has 0 unspecified atom stereocenters. The van der Waals surface area contributed by atoms with Gasteiger partial charge in [0.05, 0.1) is 23.1 Å². The first-order chi connectivity index (χ1) is 8.74. The van der Waals surface area contributed by atoms with E-state index in [1.54, 1.807) is 12.5 Å². The van der Waals surface area contributed by atoms with Crippen molar-refractivity contribution >= 4 is 22.3 Å². The Hall–Kier alpha value is -1.62. The third-order valence-electron chi connectivity index (χ3n) is 3.08. The standard InChI is InChI=1S/C13H14N2O2S/c1-15(7-9-5-6-17-8-9)13-14-10-3-2-4-11(16)12(10)18-13/h5-6,8H,2-4,7H2,1H3. The molecule has 0 bridgehead atoms. The molecule has 0 saturated heterocycles. The Morgan fingerprint density at radius 1 is 1.50 bits per heavy atom. The van der Waals surface area contributed by atoms with Crippen LogP contribution in [0.25, 0.3) is 0 Å². The van der Waals surface area contributed by atoms with Gasteiger partial charge in [-0.1, -0.05) is 11.3 Å². The quantitative estimate of drug-likeness (QED) is 0.853. The highest BCUT2D eigenvalue weighted by atomic mass is 32.1. The zero-order valence-electron chi connectivity index (χ0n) is 10.2. The van der Waals surface area contributed by atoms with Crippen LogP contribution in [-0.2, 0) is 13.0 Å². The van der Waals surface area contributed by atoms with Crippen molar-refractivity contribution in [1.29, 1.82) is 0 Å². The first-order valence-corrected chi connectivity index (χ1v) is 6.81. The van der Waals surface area contributed by atoms with E-state index in [-0.39, 0.29) is 5.78 Å². The van der Waals surface area contributed by atoms with Crippen molar-refractivity contribution in [3.8, 4) is 0 Å². The highest BCUT2D eigenvalue weighted by Crippen LogP contribution is 2.31. The fraction of sp³-hybridized carbons (Fsp3) is 0.385. The number of fused-ring (bicyclic) bond motifs is 1. The maximum Gasteiger partial charge on any atom is 0.186 e. The van der Waals surface area contributed by atoms with Crippen molar-refractivity contribution in [3.05, 3.63) is 34.7 Å². The molecule has 2 aromatic heterocycles. The number of carbonyl (C=O) groups is 1. The van der Waals surface area contributed by atoms with Crippen LogP contribution < -0.4 is 4.90 Å². The summed E-state index contributed by atoms with van der Waals surface area (Å²) in [7, 11) is 1.99. The van der Waals surface area contributed by atoms with Crippen LogP contribution in [0.3, 0.4) is 0 Å². The number of aryl methyl sites for hydroxylation is 1. The summed E-state index contributed by atoms with van der Waals surface area (Å²) in [5.41, 5.74) is 2.09. The van der Waals surface area contributed by atoms with Crippen LogP contribution in [0.1, 0.15) is 33.8 Å². The van der Waals surface area contributed by atoms with Crippen molar-refractivity contribution in [3.63, 3.8) is 0 Å². The maximum atomic E-state index is 11.8. The van der Waals surface area contributed by atoms with Gasteiger partial charge in [0, 0.05) is 25.6 Å². The van der Waals surface area contributed by atoms with E-state index in [1.165, 1.54) is 11.3 Å². The van der Waals surface area contributed by atoms with E-state index in [1.807, 2.05) is 13.1 Å². The molecule has 0 aliphatic heterocycles. The predicted octanol–water partition coefficient (Wildman–Crippen LogP) is 2.89. The van der Waals surface area contributed by atoms with Crippen molar-refractivity contribution in [1.82, 2.24) is 4.98 Å². The van der Waals surface area contributed by atoms with Gasteiger partial charge in [-0.15, -0.1) is 0 Å². The Morgan fingerprint density at radius 3 is 3.11 bits per heavy atom. The maximum absolute atomic E-state index is 11.8. The third-order valence-corrected chi connectivity index (χ3v) is 4.34. The van der Waals surface area contributed by atoms with Crippen LogP contribution in [0.5, 0.6) is 0 Å². The summed E-state index contributed by atoms with van der Waals surface area (Å²) in [6.07, 6.45) is 5.92. The summed E-state index contributed by atoms with van der Waals surface area (Å²) in [4.78, 5) is 19.3. The molecule has 0 atom stereocenters. The molecule has 2 aromatic rings. The van der Waals surface area contributed by atoms with Crippen molar-refractivity contribution in [2.45, 2.75) is 25.8 Å². The average molecular weight is 262 g/mol. The van der Waals surface area contributed by atoms with E-state index in [4.69, 9.17) is 4.42 Å². The van der Waals surface area contributed by atoms with Crippen LogP contribution in [0.4, 0.5) is 5.13 Å². The molecule has 0 fully saturated rings. The largest absolute Gasteiger partial charge is 0.472 e. The van der Waals surface area contributed by atoms with Gasteiger partial charge in [0.1, 0.15) is 0 Å². The fourth-order valence-corrected chi connectivity index (χ4v) is 3.18. The Labute approximate surface area is 109 Å². The lowest BCUT2D eigenvalue weighted by Gasteiger charge is -2.13. The minimum Gasteiger partial charge on any atom is -0.472 e. The number of aromatic nitrogens is 1. The van der Waals surface area contributed by atoms with Crippen LogP contribution in [0, 0.1) is 0 Å². The zero-order chi connectivity index (χ0) is 12.5. The molecule has 0 amide bonds. The molecule has 18 heavy (non-hydrogen) atoms. The Morgan fingerprint density at radius 2 is 2.39 bits per heavy atom. The van der Waals surface area contributed by atoms with E-state index < -0.39 is 0 Å². The van der Waals surface area contributed by atoms with Gasteiger partial charge in [0.25, 0.3) is 0 Å². The van der Waals surface area contributed by atoms with Crippen molar-refractivity contribution in [2.75, 3.05) is 11.9 Å². The van der Waals surface area contributed by atoms with Gasteiger partial charge >= 0.3 is 0 Å². The number of rotatable bonds is 3. The van der Waals surface area contributed by atoms with Crippen LogP contribution in [0.15, 0.2) is 23.0 Å². The van der Waals surface area contributed by atoms with Gasteiger partial charge in [-0.3, -0.25) is 4.79 Å². The first-order valence-electron chi connectivity index (χ1n) is 5.99. The highest BCUT2D eigenvalue weighted by molar-refractivity contribution is 7.17. The Kier molecular flexibility index (Phi) is 2.91. The molecular weight excluding hydrogens is 248 g/mol. The minimum atomic E-state index is 0.247. The number of nitrogens with zero attached hydrogens (tertiary/aromatic N) is 2. The van der Waals surface area contributed by atoms with E-state index >= 15 is 0 Å². The summed E-state index contributed by atoms with van der Waals surface area (Å²) in [6.45, 7) is 0.747. The smallest absolute Gasteiger partial charge is 0.186 e.